The lowest BCUT2D eigenvalue weighted by Gasteiger charge is -2.24. The summed E-state index contributed by atoms with van der Waals surface area (Å²) >= 11 is 6.11. The van der Waals surface area contributed by atoms with Gasteiger partial charge in [-0.1, -0.05) is 48.0 Å². The lowest BCUT2D eigenvalue weighted by Crippen LogP contribution is -2.55. The average molecular weight is 566 g/mol. The van der Waals surface area contributed by atoms with Gasteiger partial charge in [0.1, 0.15) is 18.1 Å². The topological polar surface area (TPSA) is 176 Å². The molecule has 12 nitrogen and oxygen atoms in total. The Balaban J connectivity index is 1.60. The molecule has 3 aromatic rings. The van der Waals surface area contributed by atoms with Gasteiger partial charge in [-0.25, -0.2) is 0 Å². The number of anilines is 4. The number of hydrogen-bond acceptors (Lipinski definition) is 9. The predicted molar refractivity (Wildman–Crippen MR) is 153 cm³/mol. The van der Waals surface area contributed by atoms with E-state index in [0.29, 0.717) is 42.5 Å². The van der Waals surface area contributed by atoms with Crippen molar-refractivity contribution in [2.75, 3.05) is 22.5 Å². The monoisotopic (exact) mass is 565 g/mol. The molecule has 13 heteroatoms. The lowest BCUT2D eigenvalue weighted by molar-refractivity contribution is -0.131. The van der Waals surface area contributed by atoms with Crippen LogP contribution in [0.2, 0.25) is 5.02 Å². The van der Waals surface area contributed by atoms with E-state index in [-0.39, 0.29) is 18.3 Å². The number of primary amides is 1. The largest absolute Gasteiger partial charge is 0.368 e. The molecule has 0 radical (unpaired) electrons. The highest BCUT2D eigenvalue weighted by Gasteiger charge is 2.28. The third kappa shape index (κ3) is 8.27. The number of hydrogen-bond donors (Lipinski definition) is 6. The van der Waals surface area contributed by atoms with Crippen LogP contribution in [0.4, 0.5) is 23.5 Å². The number of carbonyl (C=O) groups excluding carboxylic acids is 3. The number of benzene rings is 2. The molecule has 7 N–H and O–H groups in total. The minimum atomic E-state index is -0.940. The average Bonchev–Trinajstić information content (AvgIpc) is 2.91. The van der Waals surface area contributed by atoms with Crippen LogP contribution in [-0.2, 0) is 20.8 Å². The van der Waals surface area contributed by atoms with Gasteiger partial charge in [-0.2, -0.15) is 15.0 Å². The summed E-state index contributed by atoms with van der Waals surface area (Å²) in [6, 6.07) is 13.7. The van der Waals surface area contributed by atoms with Gasteiger partial charge in [0.05, 0.1) is 0 Å². The smallest absolute Gasteiger partial charge is 0.243 e. The van der Waals surface area contributed by atoms with Gasteiger partial charge < -0.3 is 32.3 Å². The maximum Gasteiger partial charge on any atom is 0.243 e. The number of amides is 3. The van der Waals surface area contributed by atoms with E-state index in [2.05, 4.69) is 41.5 Å². The summed E-state index contributed by atoms with van der Waals surface area (Å²) in [5.74, 6) is -0.891. The molecule has 210 valence electrons. The SMILES string of the molecule is C[C@@H]1Nc2nc(nc(Nc3cccc(Cl)c3)n2)NCCCC[C@H](C(N)=O)NC(=O)[C@H](Cc2ccccc2)NC1=O. The lowest BCUT2D eigenvalue weighted by atomic mass is 10.0. The summed E-state index contributed by atoms with van der Waals surface area (Å²) in [6.45, 7) is 2.12. The van der Waals surface area contributed by atoms with Crippen molar-refractivity contribution in [3.8, 4) is 0 Å². The molecule has 0 fully saturated rings. The van der Waals surface area contributed by atoms with Gasteiger partial charge in [0.15, 0.2) is 0 Å². The molecule has 1 aliphatic heterocycles. The Morgan fingerprint density at radius 1 is 0.975 bits per heavy atom. The van der Waals surface area contributed by atoms with Crippen molar-refractivity contribution in [1.82, 2.24) is 25.6 Å². The van der Waals surface area contributed by atoms with E-state index in [1.54, 1.807) is 25.1 Å². The number of carbonyl (C=O) groups is 3. The maximum atomic E-state index is 13.2. The molecule has 3 amide bonds. The summed E-state index contributed by atoms with van der Waals surface area (Å²) < 4.78 is 0. The second-order valence-electron chi connectivity index (χ2n) is 9.44. The molecule has 0 unspecified atom stereocenters. The van der Waals surface area contributed by atoms with Gasteiger partial charge in [-0.3, -0.25) is 14.4 Å². The number of aromatic nitrogens is 3. The second kappa shape index (κ2) is 13.6. The van der Waals surface area contributed by atoms with E-state index in [9.17, 15) is 14.4 Å². The summed E-state index contributed by atoms with van der Waals surface area (Å²) in [7, 11) is 0. The molecule has 1 aliphatic rings. The summed E-state index contributed by atoms with van der Waals surface area (Å²) in [5.41, 5.74) is 7.10. The molecule has 0 saturated heterocycles. The fraction of sp³-hybridized carbons (Fsp3) is 0.333. The highest BCUT2D eigenvalue weighted by Crippen LogP contribution is 2.20. The number of nitrogens with two attached hydrogens (primary N) is 1. The summed E-state index contributed by atoms with van der Waals surface area (Å²) in [4.78, 5) is 51.8. The van der Waals surface area contributed by atoms with Crippen molar-refractivity contribution < 1.29 is 14.4 Å². The number of nitrogens with zero attached hydrogens (tertiary/aromatic N) is 3. The Morgan fingerprint density at radius 3 is 2.50 bits per heavy atom. The van der Waals surface area contributed by atoms with Crippen LogP contribution in [0.1, 0.15) is 31.7 Å². The van der Waals surface area contributed by atoms with Crippen molar-refractivity contribution in [3.63, 3.8) is 0 Å². The molecular formula is C27H32ClN9O3. The normalized spacial score (nSPS) is 20.3. The minimum Gasteiger partial charge on any atom is -0.368 e. The first-order valence-electron chi connectivity index (χ1n) is 13.0. The molecular weight excluding hydrogens is 534 g/mol. The molecule has 2 aromatic carbocycles. The van der Waals surface area contributed by atoms with E-state index >= 15 is 0 Å². The molecule has 0 saturated carbocycles. The first-order chi connectivity index (χ1) is 19.3. The quantitative estimate of drug-likeness (QED) is 0.271. The summed E-state index contributed by atoms with van der Waals surface area (Å²) in [6.07, 6.45) is 1.82. The Labute approximate surface area is 236 Å². The zero-order valence-electron chi connectivity index (χ0n) is 22.0. The zero-order chi connectivity index (χ0) is 28.5. The Bertz CT molecular complexity index is 1340. The maximum absolute atomic E-state index is 13.2. The fourth-order valence-electron chi connectivity index (χ4n) is 4.12. The molecule has 4 rings (SSSR count). The van der Waals surface area contributed by atoms with Crippen LogP contribution in [0.15, 0.2) is 54.6 Å². The summed E-state index contributed by atoms with van der Waals surface area (Å²) in [5, 5.41) is 15.3. The van der Waals surface area contributed by atoms with Crippen LogP contribution in [0.3, 0.4) is 0 Å². The van der Waals surface area contributed by atoms with E-state index in [4.69, 9.17) is 17.3 Å². The van der Waals surface area contributed by atoms with Crippen LogP contribution in [0, 0.1) is 0 Å². The Hall–Kier alpha value is -4.45. The molecule has 3 atom stereocenters. The van der Waals surface area contributed by atoms with Crippen molar-refractivity contribution >= 4 is 52.9 Å². The molecule has 2 bridgehead atoms. The number of halogens is 1. The Morgan fingerprint density at radius 2 is 1.75 bits per heavy atom. The third-order valence-electron chi connectivity index (χ3n) is 6.23. The van der Waals surface area contributed by atoms with Crippen molar-refractivity contribution in [1.29, 1.82) is 0 Å². The molecule has 1 aromatic heterocycles. The van der Waals surface area contributed by atoms with E-state index in [1.165, 1.54) is 0 Å². The van der Waals surface area contributed by atoms with Crippen LogP contribution in [0.5, 0.6) is 0 Å². The zero-order valence-corrected chi connectivity index (χ0v) is 22.7. The van der Waals surface area contributed by atoms with E-state index in [1.807, 2.05) is 36.4 Å². The number of fused-ring (bicyclic) bond motifs is 2. The van der Waals surface area contributed by atoms with Gasteiger partial charge in [-0.05, 0) is 49.9 Å². The van der Waals surface area contributed by atoms with Crippen LogP contribution in [0.25, 0.3) is 0 Å². The van der Waals surface area contributed by atoms with E-state index in [0.717, 1.165) is 5.56 Å². The number of rotatable bonds is 5. The highest BCUT2D eigenvalue weighted by atomic mass is 35.5. The third-order valence-corrected chi connectivity index (χ3v) is 6.47. The molecule has 0 aliphatic carbocycles. The van der Waals surface area contributed by atoms with Crippen molar-refractivity contribution in [2.24, 2.45) is 5.73 Å². The van der Waals surface area contributed by atoms with Crippen molar-refractivity contribution in [2.45, 2.75) is 50.7 Å². The standard InChI is InChI=1S/C27H32ClN9O3/c1-16-23(39)34-21(14-17-8-3-2-4-9-17)24(40)33-20(22(29)38)12-5-6-13-30-25-35-26(31-16)37-27(36-25)32-19-11-7-10-18(28)15-19/h2-4,7-11,15-16,20-21H,5-6,12-14H2,1H3,(H2,29,38)(H,33,40)(H,34,39)(H3,30,31,32,35,36,37)/t16-,20+,21-/m0/s1. The van der Waals surface area contributed by atoms with Gasteiger partial charge in [0.25, 0.3) is 0 Å². The van der Waals surface area contributed by atoms with Crippen LogP contribution < -0.4 is 32.3 Å². The second-order valence-corrected chi connectivity index (χ2v) is 9.88. The van der Waals surface area contributed by atoms with Crippen LogP contribution >= 0.6 is 11.6 Å². The highest BCUT2D eigenvalue weighted by molar-refractivity contribution is 6.30. The first kappa shape index (κ1) is 28.6. The van der Waals surface area contributed by atoms with Gasteiger partial charge >= 0.3 is 0 Å². The van der Waals surface area contributed by atoms with E-state index < -0.39 is 35.8 Å². The molecule has 2 heterocycles. The minimum absolute atomic E-state index is 0.162. The van der Waals surface area contributed by atoms with Gasteiger partial charge in [0, 0.05) is 23.7 Å². The van der Waals surface area contributed by atoms with Gasteiger partial charge in [0.2, 0.25) is 35.6 Å². The first-order valence-corrected chi connectivity index (χ1v) is 13.4. The van der Waals surface area contributed by atoms with Crippen LogP contribution in [-0.4, -0.2) is 57.3 Å². The predicted octanol–water partition coefficient (Wildman–Crippen LogP) is 2.36. The van der Waals surface area contributed by atoms with Crippen molar-refractivity contribution in [3.05, 3.63) is 65.2 Å². The Kier molecular flexibility index (Phi) is 9.68. The number of nitrogens with one attached hydrogen (secondary N) is 5. The van der Waals surface area contributed by atoms with Gasteiger partial charge in [-0.15, -0.1) is 0 Å². The fourth-order valence-corrected chi connectivity index (χ4v) is 4.31. The molecule has 0 spiro atoms. The molecule has 40 heavy (non-hydrogen) atoms.